The Hall–Kier alpha value is -2.31. The van der Waals surface area contributed by atoms with Crippen molar-refractivity contribution < 1.29 is 9.18 Å². The molecule has 1 aromatic heterocycles. The smallest absolute Gasteiger partial charge is 0.224 e. The van der Waals surface area contributed by atoms with Gasteiger partial charge in [0.05, 0.1) is 5.92 Å². The van der Waals surface area contributed by atoms with Crippen molar-refractivity contribution in [3.8, 4) is 0 Å². The van der Waals surface area contributed by atoms with Crippen molar-refractivity contribution in [2.24, 2.45) is 5.92 Å². The van der Waals surface area contributed by atoms with Crippen molar-refractivity contribution in [3.63, 3.8) is 0 Å². The fourth-order valence-corrected chi connectivity index (χ4v) is 4.70. The number of nitrogens with one attached hydrogen (secondary N) is 1. The molecule has 5 nitrogen and oxygen atoms in total. The first-order valence-corrected chi connectivity index (χ1v) is 11.1. The third kappa shape index (κ3) is 5.43. The first-order valence-electron chi connectivity index (χ1n) is 11.1. The molecule has 1 N–H and O–H groups in total. The van der Waals surface area contributed by atoms with Crippen molar-refractivity contribution in [1.82, 2.24) is 20.1 Å². The first-order chi connectivity index (χ1) is 14.7. The summed E-state index contributed by atoms with van der Waals surface area (Å²) in [6.07, 6.45) is 7.73. The van der Waals surface area contributed by atoms with Crippen LogP contribution in [0.3, 0.4) is 0 Å². The van der Waals surface area contributed by atoms with E-state index in [-0.39, 0.29) is 17.6 Å². The van der Waals surface area contributed by atoms with E-state index in [0.29, 0.717) is 19.1 Å². The molecule has 0 radical (unpaired) electrons. The summed E-state index contributed by atoms with van der Waals surface area (Å²) in [5, 5.41) is 3.08. The van der Waals surface area contributed by atoms with Crippen LogP contribution in [0.1, 0.15) is 36.8 Å². The molecule has 1 amide bonds. The van der Waals surface area contributed by atoms with Gasteiger partial charge in [0.15, 0.2) is 0 Å². The second-order valence-electron chi connectivity index (χ2n) is 8.51. The number of benzene rings is 1. The number of hydrogen-bond donors (Lipinski definition) is 1. The second-order valence-corrected chi connectivity index (χ2v) is 8.51. The molecule has 1 atom stereocenters. The summed E-state index contributed by atoms with van der Waals surface area (Å²) >= 11 is 0. The van der Waals surface area contributed by atoms with E-state index in [0.717, 1.165) is 63.0 Å². The molecule has 3 heterocycles. The van der Waals surface area contributed by atoms with Gasteiger partial charge in [0, 0.05) is 43.6 Å². The van der Waals surface area contributed by atoms with Crippen LogP contribution < -0.4 is 5.32 Å². The molecule has 0 aliphatic carbocycles. The van der Waals surface area contributed by atoms with Gasteiger partial charge in [-0.2, -0.15) is 0 Å². The number of carbonyl (C=O) groups is 1. The minimum Gasteiger partial charge on any atom is -0.352 e. The number of nitrogens with zero attached hydrogens (tertiary/aromatic N) is 3. The van der Waals surface area contributed by atoms with Crippen molar-refractivity contribution in [1.29, 1.82) is 0 Å². The van der Waals surface area contributed by atoms with E-state index in [4.69, 9.17) is 0 Å². The summed E-state index contributed by atoms with van der Waals surface area (Å²) in [5.74, 6) is 0.100. The summed E-state index contributed by atoms with van der Waals surface area (Å²) in [4.78, 5) is 21.6. The average Bonchev–Trinajstić information content (AvgIpc) is 2.80. The largest absolute Gasteiger partial charge is 0.352 e. The van der Waals surface area contributed by atoms with Crippen LogP contribution in [0.5, 0.6) is 0 Å². The van der Waals surface area contributed by atoms with Crippen molar-refractivity contribution in [3.05, 3.63) is 65.7 Å². The molecule has 0 spiro atoms. The summed E-state index contributed by atoms with van der Waals surface area (Å²) < 4.78 is 13.9. The Morgan fingerprint density at radius 2 is 1.93 bits per heavy atom. The van der Waals surface area contributed by atoms with Crippen LogP contribution in [0.4, 0.5) is 4.39 Å². The molecule has 2 aromatic rings. The van der Waals surface area contributed by atoms with E-state index in [2.05, 4.69) is 20.1 Å². The average molecular weight is 411 g/mol. The zero-order valence-electron chi connectivity index (χ0n) is 17.5. The van der Waals surface area contributed by atoms with Crippen LogP contribution in [0, 0.1) is 11.7 Å². The fourth-order valence-electron chi connectivity index (χ4n) is 4.70. The Labute approximate surface area is 178 Å². The zero-order valence-corrected chi connectivity index (χ0v) is 17.5. The Balaban J connectivity index is 1.24. The van der Waals surface area contributed by atoms with Gasteiger partial charge in [-0.15, -0.1) is 0 Å². The summed E-state index contributed by atoms with van der Waals surface area (Å²) in [6.45, 7) is 5.10. The molecule has 4 rings (SSSR count). The molecule has 1 aromatic carbocycles. The monoisotopic (exact) mass is 410 g/mol. The molecule has 2 aliphatic heterocycles. The quantitative estimate of drug-likeness (QED) is 0.795. The zero-order chi connectivity index (χ0) is 20.8. The van der Waals surface area contributed by atoms with Gasteiger partial charge >= 0.3 is 0 Å². The highest BCUT2D eigenvalue weighted by atomic mass is 19.1. The molecule has 6 heteroatoms. The second kappa shape index (κ2) is 10.1. The summed E-state index contributed by atoms with van der Waals surface area (Å²) in [5.41, 5.74) is 1.81. The van der Waals surface area contributed by atoms with Gasteiger partial charge in [-0.05, 0) is 63.0 Å². The van der Waals surface area contributed by atoms with E-state index in [1.165, 1.54) is 6.07 Å². The number of piperidine rings is 2. The molecule has 0 bridgehead atoms. The number of aromatic nitrogens is 1. The van der Waals surface area contributed by atoms with Crippen LogP contribution in [0.2, 0.25) is 0 Å². The predicted molar refractivity (Wildman–Crippen MR) is 115 cm³/mol. The number of pyridine rings is 1. The summed E-state index contributed by atoms with van der Waals surface area (Å²) in [7, 11) is 0. The number of hydrogen-bond acceptors (Lipinski definition) is 4. The maximum Gasteiger partial charge on any atom is 0.224 e. The Morgan fingerprint density at radius 3 is 2.70 bits per heavy atom. The van der Waals surface area contributed by atoms with E-state index < -0.39 is 0 Å². The highest BCUT2D eigenvalue weighted by Gasteiger charge is 2.31. The molecule has 30 heavy (non-hydrogen) atoms. The van der Waals surface area contributed by atoms with Gasteiger partial charge in [0.25, 0.3) is 0 Å². The molecular formula is C24H31FN4O. The van der Waals surface area contributed by atoms with E-state index in [1.807, 2.05) is 24.3 Å². The molecule has 2 fully saturated rings. The van der Waals surface area contributed by atoms with Crippen LogP contribution in [-0.4, -0.2) is 52.9 Å². The van der Waals surface area contributed by atoms with E-state index in [9.17, 15) is 9.18 Å². The lowest BCUT2D eigenvalue weighted by molar-refractivity contribution is -0.127. The normalized spacial score (nSPS) is 21.4. The standard InChI is InChI=1S/C24H31FN4O/c25-23-8-2-1-6-20(23)17-28-13-9-22(10-14-28)29-12-4-7-21(18-29)24(30)27-16-19-5-3-11-26-15-19/h1-3,5-6,8,11,15,21-22H,4,7,9-10,12-14,16-18H2,(H,27,30)/t21-/m0/s1. The highest BCUT2D eigenvalue weighted by Crippen LogP contribution is 2.25. The number of carbonyl (C=O) groups excluding carboxylic acids is 1. The SMILES string of the molecule is O=C(NCc1cccnc1)[C@H]1CCCN(C2CCN(Cc3ccccc3F)CC2)C1. The molecule has 0 saturated carbocycles. The predicted octanol–water partition coefficient (Wildman–Crippen LogP) is 3.21. The number of amides is 1. The Morgan fingerprint density at radius 1 is 1.10 bits per heavy atom. The fraction of sp³-hybridized carbons (Fsp3) is 0.500. The lowest BCUT2D eigenvalue weighted by atomic mass is 9.93. The van der Waals surface area contributed by atoms with Crippen LogP contribution in [0.15, 0.2) is 48.8 Å². The van der Waals surface area contributed by atoms with Gasteiger partial charge in [0.2, 0.25) is 5.91 Å². The number of rotatable bonds is 6. The van der Waals surface area contributed by atoms with Gasteiger partial charge in [-0.1, -0.05) is 24.3 Å². The van der Waals surface area contributed by atoms with Crippen LogP contribution >= 0.6 is 0 Å². The van der Waals surface area contributed by atoms with Crippen LogP contribution in [0.25, 0.3) is 0 Å². The Kier molecular flexibility index (Phi) is 7.07. The van der Waals surface area contributed by atoms with Crippen LogP contribution in [-0.2, 0) is 17.9 Å². The molecule has 0 unspecified atom stereocenters. The minimum absolute atomic E-state index is 0.0619. The van der Waals surface area contributed by atoms with E-state index in [1.54, 1.807) is 18.5 Å². The van der Waals surface area contributed by atoms with Gasteiger partial charge in [-0.3, -0.25) is 19.6 Å². The lowest BCUT2D eigenvalue weighted by Gasteiger charge is -2.42. The molecular weight excluding hydrogens is 379 g/mol. The van der Waals surface area contributed by atoms with Gasteiger partial charge < -0.3 is 5.32 Å². The van der Waals surface area contributed by atoms with Crippen molar-refractivity contribution in [2.45, 2.75) is 44.8 Å². The van der Waals surface area contributed by atoms with Crippen molar-refractivity contribution >= 4 is 5.91 Å². The highest BCUT2D eigenvalue weighted by molar-refractivity contribution is 5.78. The van der Waals surface area contributed by atoms with E-state index >= 15 is 0 Å². The number of halogens is 1. The maximum atomic E-state index is 13.9. The first kappa shape index (κ1) is 20.9. The third-order valence-electron chi connectivity index (χ3n) is 6.44. The summed E-state index contributed by atoms with van der Waals surface area (Å²) in [6, 6.07) is 11.5. The topological polar surface area (TPSA) is 48.5 Å². The Bertz CT molecular complexity index is 823. The van der Waals surface area contributed by atoms with Gasteiger partial charge in [-0.25, -0.2) is 4.39 Å². The van der Waals surface area contributed by atoms with Gasteiger partial charge in [0.1, 0.15) is 5.82 Å². The molecule has 2 saturated heterocycles. The lowest BCUT2D eigenvalue weighted by Crippen LogP contribution is -2.50. The minimum atomic E-state index is -0.115. The number of likely N-dealkylation sites (tertiary alicyclic amines) is 2. The molecule has 160 valence electrons. The maximum absolute atomic E-state index is 13.9. The van der Waals surface area contributed by atoms with Crippen molar-refractivity contribution in [2.75, 3.05) is 26.2 Å². The molecule has 2 aliphatic rings. The third-order valence-corrected chi connectivity index (χ3v) is 6.44.